The minimum absolute atomic E-state index is 0.258. The van der Waals surface area contributed by atoms with E-state index in [9.17, 15) is 9.59 Å². The van der Waals surface area contributed by atoms with E-state index in [0.717, 1.165) is 19.3 Å². The Morgan fingerprint density at radius 1 is 1.26 bits per heavy atom. The second kappa shape index (κ2) is 7.59. The summed E-state index contributed by atoms with van der Waals surface area (Å²) in [4.78, 5) is 29.3. The number of hydrogen-bond donors (Lipinski definition) is 0. The van der Waals surface area contributed by atoms with Gasteiger partial charge in [-0.3, -0.25) is 13.9 Å². The molecule has 0 unspecified atom stereocenters. The third-order valence-electron chi connectivity index (χ3n) is 3.95. The normalized spacial score (nSPS) is 11.7. The Morgan fingerprint density at radius 3 is 2.65 bits per heavy atom. The minimum atomic E-state index is -0.311. The summed E-state index contributed by atoms with van der Waals surface area (Å²) in [6.07, 6.45) is 4.46. The van der Waals surface area contributed by atoms with Crippen LogP contribution in [0.25, 0.3) is 11.2 Å². The van der Waals surface area contributed by atoms with Crippen LogP contribution in [0.15, 0.2) is 15.9 Å². The number of nitrogens with zero attached hydrogens (tertiary/aromatic N) is 4. The molecule has 0 aliphatic heterocycles. The summed E-state index contributed by atoms with van der Waals surface area (Å²) in [5.74, 6) is 0.629. The molecule has 0 fully saturated rings. The topological polar surface area (TPSA) is 71.1 Å². The molecule has 2 aromatic heterocycles. The SMILES string of the molecule is CCOCn1cnc2c1c(=O)n(CCCCC(C)C)c(=O)n2C. The van der Waals surface area contributed by atoms with Gasteiger partial charge in [0, 0.05) is 20.2 Å². The molecule has 0 aliphatic rings. The summed E-state index contributed by atoms with van der Waals surface area (Å²) in [5.41, 5.74) is 0.223. The van der Waals surface area contributed by atoms with Crippen molar-refractivity contribution in [1.82, 2.24) is 18.7 Å². The van der Waals surface area contributed by atoms with Gasteiger partial charge < -0.3 is 9.30 Å². The lowest BCUT2D eigenvalue weighted by atomic mass is 10.1. The lowest BCUT2D eigenvalue weighted by molar-refractivity contribution is 0.0903. The van der Waals surface area contributed by atoms with Crippen molar-refractivity contribution >= 4 is 11.2 Å². The van der Waals surface area contributed by atoms with Gasteiger partial charge >= 0.3 is 5.69 Å². The van der Waals surface area contributed by atoms with E-state index in [1.54, 1.807) is 17.9 Å². The summed E-state index contributed by atoms with van der Waals surface area (Å²) in [6, 6.07) is 0. The van der Waals surface area contributed by atoms with Crippen LogP contribution in [0.4, 0.5) is 0 Å². The maximum Gasteiger partial charge on any atom is 0.332 e. The zero-order valence-corrected chi connectivity index (χ0v) is 14.4. The molecule has 23 heavy (non-hydrogen) atoms. The molecule has 0 saturated carbocycles. The Morgan fingerprint density at radius 2 is 2.00 bits per heavy atom. The molecule has 0 aromatic carbocycles. The molecule has 0 spiro atoms. The number of imidazole rings is 1. The number of hydrogen-bond acceptors (Lipinski definition) is 4. The van der Waals surface area contributed by atoms with Gasteiger partial charge in [0.25, 0.3) is 5.56 Å². The molecule has 2 aromatic rings. The van der Waals surface area contributed by atoms with Crippen molar-refractivity contribution < 1.29 is 4.74 Å². The van der Waals surface area contributed by atoms with Crippen LogP contribution >= 0.6 is 0 Å². The number of ether oxygens (including phenoxy) is 1. The second-order valence-corrected chi connectivity index (χ2v) is 6.20. The molecule has 2 rings (SSSR count). The number of rotatable bonds is 8. The molecule has 0 amide bonds. The Kier molecular flexibility index (Phi) is 5.76. The molecule has 0 N–H and O–H groups in total. The quantitative estimate of drug-likeness (QED) is 0.694. The van der Waals surface area contributed by atoms with E-state index in [2.05, 4.69) is 18.8 Å². The second-order valence-electron chi connectivity index (χ2n) is 6.20. The van der Waals surface area contributed by atoms with Gasteiger partial charge in [0.05, 0.1) is 6.33 Å². The Hall–Kier alpha value is -1.89. The Bertz CT molecular complexity index is 770. The van der Waals surface area contributed by atoms with Crippen molar-refractivity contribution in [3.8, 4) is 0 Å². The third kappa shape index (κ3) is 3.72. The van der Waals surface area contributed by atoms with Gasteiger partial charge in [-0.2, -0.15) is 0 Å². The first kappa shape index (κ1) is 17.5. The largest absolute Gasteiger partial charge is 0.361 e. The molecule has 2 heterocycles. The van der Waals surface area contributed by atoms with Crippen LogP contribution < -0.4 is 11.2 Å². The Labute approximate surface area is 135 Å². The third-order valence-corrected chi connectivity index (χ3v) is 3.95. The number of aryl methyl sites for hydroxylation is 1. The van der Waals surface area contributed by atoms with E-state index in [4.69, 9.17) is 4.74 Å². The van der Waals surface area contributed by atoms with Gasteiger partial charge in [0.15, 0.2) is 11.2 Å². The number of aromatic nitrogens is 4. The molecule has 0 saturated heterocycles. The average Bonchev–Trinajstić information content (AvgIpc) is 2.94. The van der Waals surface area contributed by atoms with E-state index in [-0.39, 0.29) is 18.0 Å². The number of unbranched alkanes of at least 4 members (excludes halogenated alkanes) is 1. The summed E-state index contributed by atoms with van der Waals surface area (Å²) in [6.45, 7) is 7.48. The highest BCUT2D eigenvalue weighted by Gasteiger charge is 2.15. The van der Waals surface area contributed by atoms with Crippen LogP contribution in [-0.2, 0) is 25.1 Å². The van der Waals surface area contributed by atoms with Gasteiger partial charge in [0.2, 0.25) is 0 Å². The fourth-order valence-corrected chi connectivity index (χ4v) is 2.63. The minimum Gasteiger partial charge on any atom is -0.361 e. The molecular formula is C16H26N4O3. The van der Waals surface area contributed by atoms with Gasteiger partial charge in [-0.1, -0.05) is 26.7 Å². The molecule has 7 heteroatoms. The van der Waals surface area contributed by atoms with Crippen LogP contribution in [0, 0.1) is 5.92 Å². The van der Waals surface area contributed by atoms with E-state index in [1.807, 2.05) is 6.92 Å². The van der Waals surface area contributed by atoms with Crippen molar-refractivity contribution in [2.45, 2.75) is 53.3 Å². The van der Waals surface area contributed by atoms with Crippen molar-refractivity contribution in [2.75, 3.05) is 6.61 Å². The van der Waals surface area contributed by atoms with E-state index >= 15 is 0 Å². The molecule has 128 valence electrons. The van der Waals surface area contributed by atoms with Crippen LogP contribution in [0.1, 0.15) is 40.0 Å². The van der Waals surface area contributed by atoms with Crippen molar-refractivity contribution in [2.24, 2.45) is 13.0 Å². The average molecular weight is 322 g/mol. The lowest BCUT2D eigenvalue weighted by Gasteiger charge is -2.10. The molecule has 7 nitrogen and oxygen atoms in total. The van der Waals surface area contributed by atoms with E-state index in [1.165, 1.54) is 9.13 Å². The monoisotopic (exact) mass is 322 g/mol. The predicted molar refractivity (Wildman–Crippen MR) is 89.5 cm³/mol. The number of fused-ring (bicyclic) bond motifs is 1. The molecule has 0 radical (unpaired) electrons. The zero-order valence-electron chi connectivity index (χ0n) is 14.4. The molecule has 0 aliphatic carbocycles. The van der Waals surface area contributed by atoms with E-state index < -0.39 is 0 Å². The van der Waals surface area contributed by atoms with Crippen LogP contribution in [0.5, 0.6) is 0 Å². The highest BCUT2D eigenvalue weighted by Crippen LogP contribution is 2.08. The first-order valence-electron chi connectivity index (χ1n) is 8.19. The predicted octanol–water partition coefficient (Wildman–Crippen LogP) is 1.72. The van der Waals surface area contributed by atoms with Gasteiger partial charge in [-0.15, -0.1) is 0 Å². The summed E-state index contributed by atoms with van der Waals surface area (Å²) in [5, 5.41) is 0. The summed E-state index contributed by atoms with van der Waals surface area (Å²) in [7, 11) is 1.65. The van der Waals surface area contributed by atoms with Gasteiger partial charge in [-0.05, 0) is 19.3 Å². The van der Waals surface area contributed by atoms with Gasteiger partial charge in [-0.25, -0.2) is 9.78 Å². The van der Waals surface area contributed by atoms with Crippen LogP contribution in [-0.4, -0.2) is 25.3 Å². The van der Waals surface area contributed by atoms with Crippen molar-refractivity contribution in [1.29, 1.82) is 0 Å². The van der Waals surface area contributed by atoms with Crippen molar-refractivity contribution in [3.63, 3.8) is 0 Å². The lowest BCUT2D eigenvalue weighted by Crippen LogP contribution is -2.39. The molecular weight excluding hydrogens is 296 g/mol. The van der Waals surface area contributed by atoms with Crippen LogP contribution in [0.3, 0.4) is 0 Å². The fourth-order valence-electron chi connectivity index (χ4n) is 2.63. The summed E-state index contributed by atoms with van der Waals surface area (Å²) >= 11 is 0. The first-order valence-corrected chi connectivity index (χ1v) is 8.19. The fraction of sp³-hybridized carbons (Fsp3) is 0.688. The maximum absolute atomic E-state index is 12.7. The van der Waals surface area contributed by atoms with Crippen LogP contribution in [0.2, 0.25) is 0 Å². The summed E-state index contributed by atoms with van der Waals surface area (Å²) < 4.78 is 9.77. The maximum atomic E-state index is 12.7. The Balaban J connectivity index is 2.36. The van der Waals surface area contributed by atoms with Gasteiger partial charge in [0.1, 0.15) is 6.73 Å². The first-order chi connectivity index (χ1) is 11.0. The van der Waals surface area contributed by atoms with Crippen molar-refractivity contribution in [3.05, 3.63) is 27.2 Å². The highest BCUT2D eigenvalue weighted by atomic mass is 16.5. The standard InChI is InChI=1S/C16H26N4O3/c1-5-23-11-19-10-17-14-13(19)15(21)20(16(22)18(14)4)9-7-6-8-12(2)3/h10,12H,5-9,11H2,1-4H3. The van der Waals surface area contributed by atoms with E-state index in [0.29, 0.717) is 30.2 Å². The molecule has 0 atom stereocenters. The smallest absolute Gasteiger partial charge is 0.332 e. The highest BCUT2D eigenvalue weighted by molar-refractivity contribution is 5.69. The zero-order chi connectivity index (χ0) is 17.0. The molecule has 0 bridgehead atoms.